The van der Waals surface area contributed by atoms with Crippen molar-refractivity contribution in [2.24, 2.45) is 0 Å². The summed E-state index contributed by atoms with van der Waals surface area (Å²) in [6.45, 7) is 2.71. The lowest BCUT2D eigenvalue weighted by atomic mass is 10.1. The molecule has 0 amide bonds. The number of hydrogen-bond donors (Lipinski definition) is 0. The predicted octanol–water partition coefficient (Wildman–Crippen LogP) is 6.02. The van der Waals surface area contributed by atoms with Crippen molar-refractivity contribution in [3.8, 4) is 22.6 Å². The molecule has 0 N–H and O–H groups in total. The van der Waals surface area contributed by atoms with Crippen LogP contribution < -0.4 is 14.2 Å². The van der Waals surface area contributed by atoms with Gasteiger partial charge in [-0.05, 0) is 78.8 Å². The average molecular weight is 466 g/mol. The quantitative estimate of drug-likeness (QED) is 0.126. The summed E-state index contributed by atoms with van der Waals surface area (Å²) < 4.78 is 30.0. The van der Waals surface area contributed by atoms with Gasteiger partial charge < -0.3 is 14.2 Å². The van der Waals surface area contributed by atoms with Crippen LogP contribution in [0.1, 0.15) is 40.5 Å². The number of thiocyanates is 1. The Hall–Kier alpha value is -3.83. The first-order chi connectivity index (χ1) is 16.0. The van der Waals surface area contributed by atoms with Crippen molar-refractivity contribution >= 4 is 23.7 Å². The van der Waals surface area contributed by atoms with E-state index in [0.29, 0.717) is 29.9 Å². The first kappa shape index (κ1) is 23.8. The van der Waals surface area contributed by atoms with E-state index in [1.807, 2.05) is 0 Å². The number of benzene rings is 3. The molecule has 0 saturated heterocycles. The Balaban J connectivity index is 1.58. The number of nitriles is 1. The normalized spacial score (nSPS) is 10.2. The molecule has 0 unspecified atom stereocenters. The van der Waals surface area contributed by atoms with Crippen LogP contribution in [0.2, 0.25) is 0 Å². The monoisotopic (exact) mass is 465 g/mol. The molecule has 0 aliphatic carbocycles. The van der Waals surface area contributed by atoms with Crippen molar-refractivity contribution in [2.45, 2.75) is 24.7 Å². The molecule has 0 aliphatic heterocycles. The Bertz CT molecular complexity index is 1160. The number of unbranched alkanes of at least 4 members (excludes halogenated alkanes) is 1. The zero-order valence-electron chi connectivity index (χ0n) is 17.7. The molecule has 0 atom stereocenters. The van der Waals surface area contributed by atoms with Gasteiger partial charge in [0.2, 0.25) is 0 Å². The van der Waals surface area contributed by atoms with Gasteiger partial charge in [0.25, 0.3) is 0 Å². The Kier molecular flexibility index (Phi) is 8.44. The van der Waals surface area contributed by atoms with E-state index in [1.165, 1.54) is 36.4 Å². The number of carbonyl (C=O) groups is 2. The molecule has 3 aromatic carbocycles. The molecule has 6 nitrogen and oxygen atoms in total. The average Bonchev–Trinajstić information content (AvgIpc) is 2.82. The van der Waals surface area contributed by atoms with E-state index in [-0.39, 0.29) is 21.8 Å². The van der Waals surface area contributed by atoms with Gasteiger partial charge in [-0.15, -0.1) is 0 Å². The van der Waals surface area contributed by atoms with Crippen LogP contribution in [0.4, 0.5) is 4.39 Å². The summed E-state index contributed by atoms with van der Waals surface area (Å²) in [5.41, 5.74) is 0.426. The highest BCUT2D eigenvalue weighted by Crippen LogP contribution is 2.25. The lowest BCUT2D eigenvalue weighted by molar-refractivity contribution is 0.0720. The van der Waals surface area contributed by atoms with E-state index >= 15 is 0 Å². The lowest BCUT2D eigenvalue weighted by Crippen LogP contribution is -2.11. The lowest BCUT2D eigenvalue weighted by Gasteiger charge is -2.08. The SMILES string of the molecule is CCCCOc1ccc(OC(=O)c2ccc(C(=O)Oc3ccc(SC#N)c(F)c3)cc2)cc1. The molecule has 3 rings (SSSR count). The standard InChI is InChI=1S/C25H20FNO5S/c1-2-3-14-30-19-8-10-20(11-9-19)31-24(28)17-4-6-18(7-5-17)25(29)32-21-12-13-23(33-16-27)22(26)15-21/h4-13,15H,2-3,14H2,1H3. The van der Waals surface area contributed by atoms with Gasteiger partial charge in [-0.2, -0.15) is 5.26 Å². The Morgan fingerprint density at radius 2 is 1.42 bits per heavy atom. The number of carbonyl (C=O) groups excluding carboxylic acids is 2. The fourth-order valence-corrected chi connectivity index (χ4v) is 3.08. The van der Waals surface area contributed by atoms with Gasteiger partial charge >= 0.3 is 11.9 Å². The Morgan fingerprint density at radius 1 is 0.879 bits per heavy atom. The van der Waals surface area contributed by atoms with Gasteiger partial charge in [0.05, 0.1) is 22.6 Å². The van der Waals surface area contributed by atoms with Crippen LogP contribution in [0, 0.1) is 16.5 Å². The summed E-state index contributed by atoms with van der Waals surface area (Å²) in [5.74, 6) is -0.886. The van der Waals surface area contributed by atoms with Gasteiger partial charge in [-0.3, -0.25) is 0 Å². The van der Waals surface area contributed by atoms with Crippen LogP contribution in [0.3, 0.4) is 0 Å². The van der Waals surface area contributed by atoms with Crippen LogP contribution in [0.25, 0.3) is 0 Å². The third-order valence-corrected chi connectivity index (χ3v) is 5.07. The van der Waals surface area contributed by atoms with E-state index in [2.05, 4.69) is 6.92 Å². The van der Waals surface area contributed by atoms with E-state index in [4.69, 9.17) is 19.5 Å². The van der Waals surface area contributed by atoms with Gasteiger partial charge in [0.15, 0.2) is 0 Å². The molecule has 0 bridgehead atoms. The molecular weight excluding hydrogens is 445 g/mol. The fourth-order valence-electron chi connectivity index (χ4n) is 2.69. The van der Waals surface area contributed by atoms with Crippen molar-refractivity contribution in [1.82, 2.24) is 0 Å². The minimum Gasteiger partial charge on any atom is -0.494 e. The van der Waals surface area contributed by atoms with Crippen LogP contribution in [-0.2, 0) is 0 Å². The number of rotatable bonds is 9. The third kappa shape index (κ3) is 6.82. The molecule has 0 heterocycles. The molecule has 33 heavy (non-hydrogen) atoms. The van der Waals surface area contributed by atoms with Crippen molar-refractivity contribution in [3.63, 3.8) is 0 Å². The van der Waals surface area contributed by atoms with Gasteiger partial charge in [-0.1, -0.05) is 13.3 Å². The largest absolute Gasteiger partial charge is 0.494 e. The van der Waals surface area contributed by atoms with Crippen LogP contribution in [-0.4, -0.2) is 18.5 Å². The minimum atomic E-state index is -0.714. The highest BCUT2D eigenvalue weighted by atomic mass is 32.2. The Morgan fingerprint density at radius 3 is 1.97 bits per heavy atom. The van der Waals surface area contributed by atoms with Crippen molar-refractivity contribution < 1.29 is 28.2 Å². The third-order valence-electron chi connectivity index (χ3n) is 4.43. The van der Waals surface area contributed by atoms with Gasteiger partial charge in [0.1, 0.15) is 28.5 Å². The highest BCUT2D eigenvalue weighted by molar-refractivity contribution is 8.03. The second-order valence-electron chi connectivity index (χ2n) is 6.82. The summed E-state index contributed by atoms with van der Waals surface area (Å²) in [7, 11) is 0. The van der Waals surface area contributed by atoms with Crippen LogP contribution >= 0.6 is 11.8 Å². The summed E-state index contributed by atoms with van der Waals surface area (Å²) in [4.78, 5) is 24.8. The minimum absolute atomic E-state index is 0.00500. The number of nitrogens with zero attached hydrogens (tertiary/aromatic N) is 1. The smallest absolute Gasteiger partial charge is 0.343 e. The zero-order valence-corrected chi connectivity index (χ0v) is 18.6. The van der Waals surface area contributed by atoms with E-state index in [1.54, 1.807) is 29.7 Å². The second-order valence-corrected chi connectivity index (χ2v) is 7.64. The van der Waals surface area contributed by atoms with E-state index < -0.39 is 17.8 Å². The maximum Gasteiger partial charge on any atom is 0.343 e. The molecule has 0 aliphatic rings. The van der Waals surface area contributed by atoms with Gasteiger partial charge in [0, 0.05) is 6.07 Å². The number of esters is 2. The molecule has 8 heteroatoms. The second kappa shape index (κ2) is 11.7. The highest BCUT2D eigenvalue weighted by Gasteiger charge is 2.14. The Labute approximate surface area is 194 Å². The van der Waals surface area contributed by atoms with Crippen molar-refractivity contribution in [2.75, 3.05) is 6.61 Å². The molecule has 3 aromatic rings. The molecule has 0 saturated carbocycles. The first-order valence-corrected chi connectivity index (χ1v) is 10.9. The first-order valence-electron chi connectivity index (χ1n) is 10.1. The van der Waals surface area contributed by atoms with Crippen LogP contribution in [0.15, 0.2) is 71.6 Å². The topological polar surface area (TPSA) is 85.6 Å². The van der Waals surface area contributed by atoms with E-state index in [9.17, 15) is 14.0 Å². The predicted molar refractivity (Wildman–Crippen MR) is 121 cm³/mol. The maximum absolute atomic E-state index is 13.9. The molecule has 168 valence electrons. The zero-order chi connectivity index (χ0) is 23.6. The summed E-state index contributed by atoms with van der Waals surface area (Å²) in [5, 5.41) is 10.4. The molecule has 0 aromatic heterocycles. The molecular formula is C25H20FNO5S. The fraction of sp³-hybridized carbons (Fsp3) is 0.160. The number of hydrogen-bond acceptors (Lipinski definition) is 7. The summed E-state index contributed by atoms with van der Waals surface area (Å²) in [6, 6.07) is 16.2. The maximum atomic E-state index is 13.9. The number of thioether (sulfide) groups is 1. The van der Waals surface area contributed by atoms with E-state index in [0.717, 1.165) is 18.9 Å². The van der Waals surface area contributed by atoms with Gasteiger partial charge in [-0.25, -0.2) is 14.0 Å². The number of ether oxygens (including phenoxy) is 3. The van der Waals surface area contributed by atoms with Crippen molar-refractivity contribution in [1.29, 1.82) is 5.26 Å². The molecule has 0 fully saturated rings. The molecule has 0 radical (unpaired) electrons. The number of halogens is 1. The van der Waals surface area contributed by atoms with Crippen molar-refractivity contribution in [3.05, 3.63) is 83.7 Å². The molecule has 0 spiro atoms. The van der Waals surface area contributed by atoms with Crippen LogP contribution in [0.5, 0.6) is 17.2 Å². The summed E-state index contributed by atoms with van der Waals surface area (Å²) >= 11 is 0.675. The summed E-state index contributed by atoms with van der Waals surface area (Å²) in [6.07, 6.45) is 2.01.